The van der Waals surface area contributed by atoms with Crippen molar-refractivity contribution in [2.75, 3.05) is 13.2 Å². The van der Waals surface area contributed by atoms with Gasteiger partial charge >= 0.3 is 11.9 Å². The van der Waals surface area contributed by atoms with Crippen LogP contribution in [0.2, 0.25) is 0 Å². The maximum absolute atomic E-state index is 13.3. The number of rotatable bonds is 9. The van der Waals surface area contributed by atoms with Gasteiger partial charge in [0.2, 0.25) is 5.91 Å². The first-order chi connectivity index (χ1) is 15.3. The number of carbonyl (C=O) groups is 3. The fourth-order valence-electron chi connectivity index (χ4n) is 5.29. The van der Waals surface area contributed by atoms with E-state index < -0.39 is 24.1 Å². The molecule has 7 heteroatoms. The van der Waals surface area contributed by atoms with E-state index >= 15 is 0 Å². The Bertz CT molecular complexity index is 791. The monoisotopic (exact) mass is 444 g/mol. The van der Waals surface area contributed by atoms with Crippen LogP contribution >= 0.6 is 0 Å². The SMILES string of the molecule is CCOC(=O)C(CCc1ccccc1)N[C@@H](C)C(=O)N1CCC2(CCCC2)CC1C(=O)O. The molecule has 1 aromatic carbocycles. The van der Waals surface area contributed by atoms with Crippen molar-refractivity contribution < 1.29 is 24.2 Å². The second-order valence-corrected chi connectivity index (χ2v) is 9.26. The molecule has 1 amide bonds. The van der Waals surface area contributed by atoms with Gasteiger partial charge in [-0.2, -0.15) is 0 Å². The molecular weight excluding hydrogens is 408 g/mol. The lowest BCUT2D eigenvalue weighted by molar-refractivity contribution is -0.156. The topological polar surface area (TPSA) is 95.9 Å². The molecule has 3 atom stereocenters. The van der Waals surface area contributed by atoms with Crippen molar-refractivity contribution in [2.24, 2.45) is 5.41 Å². The third-order valence-electron chi connectivity index (χ3n) is 7.08. The molecule has 2 aliphatic rings. The Morgan fingerprint density at radius 1 is 1.19 bits per heavy atom. The number of esters is 1. The van der Waals surface area contributed by atoms with Crippen LogP contribution in [-0.2, 0) is 25.5 Å². The maximum Gasteiger partial charge on any atom is 0.326 e. The predicted octanol–water partition coefficient (Wildman–Crippen LogP) is 3.17. The van der Waals surface area contributed by atoms with E-state index in [2.05, 4.69) is 5.32 Å². The Morgan fingerprint density at radius 3 is 2.50 bits per heavy atom. The maximum atomic E-state index is 13.3. The zero-order chi connectivity index (χ0) is 23.1. The molecule has 1 spiro atoms. The van der Waals surface area contributed by atoms with Gasteiger partial charge in [0.05, 0.1) is 12.6 Å². The van der Waals surface area contributed by atoms with Crippen LogP contribution in [0.4, 0.5) is 0 Å². The summed E-state index contributed by atoms with van der Waals surface area (Å²) in [6.45, 7) is 4.18. The minimum absolute atomic E-state index is 0.0691. The smallest absolute Gasteiger partial charge is 0.326 e. The second kappa shape index (κ2) is 10.9. The first-order valence-corrected chi connectivity index (χ1v) is 11.8. The van der Waals surface area contributed by atoms with Crippen LogP contribution in [0.3, 0.4) is 0 Å². The van der Waals surface area contributed by atoms with Gasteiger partial charge in [0, 0.05) is 6.54 Å². The summed E-state index contributed by atoms with van der Waals surface area (Å²) in [7, 11) is 0. The molecule has 3 rings (SSSR count). The lowest BCUT2D eigenvalue weighted by atomic mass is 9.74. The van der Waals surface area contributed by atoms with E-state index in [4.69, 9.17) is 4.74 Å². The Labute approximate surface area is 190 Å². The second-order valence-electron chi connectivity index (χ2n) is 9.26. The number of nitrogens with one attached hydrogen (secondary N) is 1. The largest absolute Gasteiger partial charge is 0.480 e. The van der Waals surface area contributed by atoms with Crippen molar-refractivity contribution in [3.63, 3.8) is 0 Å². The Kier molecular flexibility index (Phi) is 8.29. The van der Waals surface area contributed by atoms with Crippen LogP contribution < -0.4 is 5.32 Å². The van der Waals surface area contributed by atoms with Gasteiger partial charge in [-0.3, -0.25) is 14.9 Å². The van der Waals surface area contributed by atoms with Gasteiger partial charge in [-0.15, -0.1) is 0 Å². The van der Waals surface area contributed by atoms with E-state index in [1.54, 1.807) is 13.8 Å². The van der Waals surface area contributed by atoms with Gasteiger partial charge in [-0.1, -0.05) is 43.2 Å². The van der Waals surface area contributed by atoms with Gasteiger partial charge in [0.15, 0.2) is 0 Å². The third-order valence-corrected chi connectivity index (χ3v) is 7.08. The highest BCUT2D eigenvalue weighted by molar-refractivity contribution is 5.88. The van der Waals surface area contributed by atoms with E-state index in [1.807, 2.05) is 30.3 Å². The average molecular weight is 445 g/mol. The molecule has 7 nitrogen and oxygen atoms in total. The molecule has 176 valence electrons. The Hall–Kier alpha value is -2.41. The van der Waals surface area contributed by atoms with E-state index in [-0.39, 0.29) is 23.9 Å². The summed E-state index contributed by atoms with van der Waals surface area (Å²) >= 11 is 0. The Balaban J connectivity index is 1.65. The summed E-state index contributed by atoms with van der Waals surface area (Å²) in [6.07, 6.45) is 6.92. The van der Waals surface area contributed by atoms with Crippen LogP contribution in [0.5, 0.6) is 0 Å². The zero-order valence-electron chi connectivity index (χ0n) is 19.2. The van der Waals surface area contributed by atoms with Crippen molar-refractivity contribution in [1.82, 2.24) is 10.2 Å². The quantitative estimate of drug-likeness (QED) is 0.568. The number of amides is 1. The minimum atomic E-state index is -0.942. The first kappa shape index (κ1) is 24.2. The number of carboxylic acid groups (broad SMARTS) is 1. The number of ether oxygens (including phenoxy) is 1. The molecule has 1 saturated carbocycles. The van der Waals surface area contributed by atoms with Gasteiger partial charge in [-0.25, -0.2) is 4.79 Å². The number of nitrogens with zero attached hydrogens (tertiary/aromatic N) is 1. The summed E-state index contributed by atoms with van der Waals surface area (Å²) in [5, 5.41) is 13.0. The fourth-order valence-corrected chi connectivity index (χ4v) is 5.29. The summed E-state index contributed by atoms with van der Waals surface area (Å²) in [4.78, 5) is 39.3. The zero-order valence-corrected chi connectivity index (χ0v) is 19.2. The molecule has 1 heterocycles. The predicted molar refractivity (Wildman–Crippen MR) is 121 cm³/mol. The Morgan fingerprint density at radius 2 is 1.88 bits per heavy atom. The number of likely N-dealkylation sites (tertiary alicyclic amines) is 1. The molecule has 0 bridgehead atoms. The molecule has 0 radical (unpaired) electrons. The van der Waals surface area contributed by atoms with Gasteiger partial charge in [-0.05, 0) is 63.4 Å². The van der Waals surface area contributed by atoms with E-state index in [0.29, 0.717) is 25.8 Å². The minimum Gasteiger partial charge on any atom is -0.480 e. The van der Waals surface area contributed by atoms with Crippen LogP contribution in [0.15, 0.2) is 30.3 Å². The van der Waals surface area contributed by atoms with Crippen LogP contribution in [0, 0.1) is 5.41 Å². The summed E-state index contributed by atoms with van der Waals surface area (Å²) in [6, 6.07) is 7.73. The number of hydrogen-bond donors (Lipinski definition) is 2. The molecule has 1 aliphatic heterocycles. The van der Waals surface area contributed by atoms with E-state index in [9.17, 15) is 19.5 Å². The van der Waals surface area contributed by atoms with Gasteiger partial charge < -0.3 is 14.7 Å². The summed E-state index contributed by atoms with van der Waals surface area (Å²) < 4.78 is 5.22. The third kappa shape index (κ3) is 5.88. The highest BCUT2D eigenvalue weighted by Crippen LogP contribution is 2.48. The van der Waals surface area contributed by atoms with Crippen molar-refractivity contribution in [3.8, 4) is 0 Å². The molecular formula is C25H36N2O5. The molecule has 2 unspecified atom stereocenters. The number of aryl methyl sites for hydroxylation is 1. The first-order valence-electron chi connectivity index (χ1n) is 11.8. The number of hydrogen-bond acceptors (Lipinski definition) is 5. The number of piperidine rings is 1. The molecule has 1 saturated heterocycles. The number of carboxylic acids is 1. The van der Waals surface area contributed by atoms with E-state index in [0.717, 1.165) is 37.7 Å². The number of carbonyl (C=O) groups excluding carboxylic acids is 2. The highest BCUT2D eigenvalue weighted by atomic mass is 16.5. The molecule has 1 aromatic rings. The number of benzene rings is 1. The van der Waals surface area contributed by atoms with Crippen LogP contribution in [0.1, 0.15) is 64.4 Å². The number of aliphatic carboxylic acids is 1. The average Bonchev–Trinajstić information content (AvgIpc) is 3.24. The van der Waals surface area contributed by atoms with Crippen molar-refractivity contribution in [3.05, 3.63) is 35.9 Å². The molecule has 2 fully saturated rings. The van der Waals surface area contributed by atoms with Crippen molar-refractivity contribution in [2.45, 2.75) is 83.3 Å². The normalized spacial score (nSPS) is 21.8. The summed E-state index contributed by atoms with van der Waals surface area (Å²) in [5.41, 5.74) is 1.17. The van der Waals surface area contributed by atoms with Crippen molar-refractivity contribution >= 4 is 17.8 Å². The lowest BCUT2D eigenvalue weighted by Gasteiger charge is -2.44. The van der Waals surface area contributed by atoms with Crippen LogP contribution in [0.25, 0.3) is 0 Å². The lowest BCUT2D eigenvalue weighted by Crippen LogP contribution is -2.58. The van der Waals surface area contributed by atoms with Crippen LogP contribution in [-0.4, -0.2) is 59.1 Å². The summed E-state index contributed by atoms with van der Waals surface area (Å²) in [5.74, 6) is -1.59. The van der Waals surface area contributed by atoms with Crippen molar-refractivity contribution in [1.29, 1.82) is 0 Å². The molecule has 32 heavy (non-hydrogen) atoms. The fraction of sp³-hybridized carbons (Fsp3) is 0.640. The molecule has 1 aliphatic carbocycles. The molecule has 2 N–H and O–H groups in total. The standard InChI is InChI=1S/C25H36N2O5/c1-3-32-24(31)20(12-11-19-9-5-4-6-10-19)26-18(2)22(28)27-16-15-25(13-7-8-14-25)17-21(27)23(29)30/h4-6,9-10,18,20-21,26H,3,7-8,11-17H2,1-2H3,(H,29,30)/t18-,20?,21?/m0/s1. The molecule has 0 aromatic heterocycles. The highest BCUT2D eigenvalue weighted by Gasteiger charge is 2.46. The van der Waals surface area contributed by atoms with Gasteiger partial charge in [0.25, 0.3) is 0 Å². The van der Waals surface area contributed by atoms with E-state index in [1.165, 1.54) is 4.90 Å². The van der Waals surface area contributed by atoms with Gasteiger partial charge in [0.1, 0.15) is 12.1 Å².